The van der Waals surface area contributed by atoms with Crippen LogP contribution in [0.3, 0.4) is 0 Å². The summed E-state index contributed by atoms with van der Waals surface area (Å²) in [5.41, 5.74) is 3.98. The average molecular weight is 242 g/mol. The zero-order valence-electron chi connectivity index (χ0n) is 9.21. The van der Waals surface area contributed by atoms with Crippen molar-refractivity contribution >= 4 is 23.4 Å². The summed E-state index contributed by atoms with van der Waals surface area (Å²) < 4.78 is 2.60. The van der Waals surface area contributed by atoms with Gasteiger partial charge in [0.05, 0.1) is 5.52 Å². The van der Waals surface area contributed by atoms with E-state index in [9.17, 15) is 0 Å². The van der Waals surface area contributed by atoms with Crippen molar-refractivity contribution in [3.8, 4) is 11.1 Å². The molecule has 3 aromatic rings. The molecular formula is C12H10N4S. The van der Waals surface area contributed by atoms with Crippen LogP contribution in [0.4, 0.5) is 0 Å². The van der Waals surface area contributed by atoms with Crippen LogP contribution in [-0.4, -0.2) is 19.5 Å². The highest BCUT2D eigenvalue weighted by molar-refractivity contribution is 7.71. The van der Waals surface area contributed by atoms with E-state index in [-0.39, 0.29) is 0 Å². The molecule has 3 rings (SSSR count). The Morgan fingerprint density at radius 3 is 2.76 bits per heavy atom. The van der Waals surface area contributed by atoms with Gasteiger partial charge in [-0.1, -0.05) is 0 Å². The quantitative estimate of drug-likeness (QED) is 0.667. The van der Waals surface area contributed by atoms with E-state index in [1.807, 2.05) is 29.9 Å². The number of aromatic amines is 1. The highest BCUT2D eigenvalue weighted by Crippen LogP contribution is 2.21. The normalized spacial score (nSPS) is 10.9. The van der Waals surface area contributed by atoms with Crippen LogP contribution in [0.2, 0.25) is 0 Å². The lowest BCUT2D eigenvalue weighted by Gasteiger charge is -2.01. The van der Waals surface area contributed by atoms with Gasteiger partial charge in [0.2, 0.25) is 0 Å². The smallest absolute Gasteiger partial charge is 0.179 e. The second-order valence-electron chi connectivity index (χ2n) is 3.82. The molecule has 0 aromatic carbocycles. The van der Waals surface area contributed by atoms with Gasteiger partial charge in [-0.2, -0.15) is 0 Å². The first-order valence-corrected chi connectivity index (χ1v) is 5.62. The lowest BCUT2D eigenvalue weighted by atomic mass is 10.1. The van der Waals surface area contributed by atoms with E-state index in [0.717, 1.165) is 22.3 Å². The fourth-order valence-corrected chi connectivity index (χ4v) is 2.00. The summed E-state index contributed by atoms with van der Waals surface area (Å²) in [7, 11) is 1.93. The van der Waals surface area contributed by atoms with E-state index >= 15 is 0 Å². The molecule has 0 bridgehead atoms. The predicted molar refractivity (Wildman–Crippen MR) is 69.1 cm³/mol. The number of pyridine rings is 2. The summed E-state index contributed by atoms with van der Waals surface area (Å²) in [6.07, 6.45) is 5.38. The Kier molecular flexibility index (Phi) is 2.26. The lowest BCUT2D eigenvalue weighted by Crippen LogP contribution is -1.88. The van der Waals surface area contributed by atoms with Gasteiger partial charge in [0.1, 0.15) is 0 Å². The summed E-state index contributed by atoms with van der Waals surface area (Å²) in [5, 5.41) is 0. The van der Waals surface area contributed by atoms with Crippen LogP contribution in [0.5, 0.6) is 0 Å². The molecule has 0 aliphatic heterocycles. The second-order valence-corrected chi connectivity index (χ2v) is 4.20. The number of fused-ring (bicyclic) bond motifs is 1. The number of nitrogens with one attached hydrogen (secondary N) is 1. The second kappa shape index (κ2) is 3.78. The number of aryl methyl sites for hydroxylation is 1. The van der Waals surface area contributed by atoms with Crippen LogP contribution >= 0.6 is 12.2 Å². The van der Waals surface area contributed by atoms with E-state index in [1.165, 1.54) is 0 Å². The third-order valence-corrected chi connectivity index (χ3v) is 3.15. The van der Waals surface area contributed by atoms with Crippen LogP contribution in [0.1, 0.15) is 0 Å². The fraction of sp³-hybridized carbons (Fsp3) is 0.0833. The molecule has 4 nitrogen and oxygen atoms in total. The van der Waals surface area contributed by atoms with Crippen LogP contribution in [-0.2, 0) is 7.05 Å². The van der Waals surface area contributed by atoms with Gasteiger partial charge in [0, 0.05) is 31.2 Å². The van der Waals surface area contributed by atoms with Crippen LogP contribution in [0, 0.1) is 4.77 Å². The molecule has 0 atom stereocenters. The monoisotopic (exact) mass is 242 g/mol. The number of hydrogen-bond acceptors (Lipinski definition) is 3. The van der Waals surface area contributed by atoms with E-state index in [4.69, 9.17) is 12.2 Å². The average Bonchev–Trinajstić information content (AvgIpc) is 2.66. The Morgan fingerprint density at radius 2 is 2.00 bits per heavy atom. The number of H-pyrrole nitrogens is 1. The van der Waals surface area contributed by atoms with Gasteiger partial charge < -0.3 is 9.55 Å². The van der Waals surface area contributed by atoms with E-state index in [1.54, 1.807) is 12.4 Å². The zero-order valence-corrected chi connectivity index (χ0v) is 10.0. The molecule has 5 heteroatoms. The maximum atomic E-state index is 5.17. The van der Waals surface area contributed by atoms with Crippen molar-refractivity contribution in [2.75, 3.05) is 0 Å². The summed E-state index contributed by atoms with van der Waals surface area (Å²) in [6.45, 7) is 0. The first kappa shape index (κ1) is 10.2. The molecule has 0 amide bonds. The number of rotatable bonds is 1. The van der Waals surface area contributed by atoms with Crippen molar-refractivity contribution in [3.05, 3.63) is 41.6 Å². The third-order valence-electron chi connectivity index (χ3n) is 2.77. The van der Waals surface area contributed by atoms with Gasteiger partial charge in [-0.3, -0.25) is 4.98 Å². The molecule has 1 N–H and O–H groups in total. The van der Waals surface area contributed by atoms with Gasteiger partial charge in [0.25, 0.3) is 0 Å². The summed E-state index contributed by atoms with van der Waals surface area (Å²) >= 11 is 5.17. The molecule has 3 heterocycles. The molecule has 0 unspecified atom stereocenters. The molecule has 3 aromatic heterocycles. The zero-order chi connectivity index (χ0) is 11.8. The Bertz CT molecular complexity index is 727. The highest BCUT2D eigenvalue weighted by Gasteiger charge is 2.04. The van der Waals surface area contributed by atoms with Crippen LogP contribution in [0.15, 0.2) is 36.8 Å². The lowest BCUT2D eigenvalue weighted by molar-refractivity contribution is 0.927. The fourth-order valence-electron chi connectivity index (χ4n) is 1.80. The highest BCUT2D eigenvalue weighted by atomic mass is 32.1. The van der Waals surface area contributed by atoms with Crippen molar-refractivity contribution in [3.63, 3.8) is 0 Å². The minimum Gasteiger partial charge on any atom is -0.319 e. The molecule has 0 fully saturated rings. The third kappa shape index (κ3) is 1.64. The van der Waals surface area contributed by atoms with Crippen LogP contribution < -0.4 is 0 Å². The Morgan fingerprint density at radius 1 is 1.24 bits per heavy atom. The SMILES string of the molecule is Cn1c(=S)[nH]c2ncc(-c3ccncc3)cc21. The van der Waals surface area contributed by atoms with Crippen LogP contribution in [0.25, 0.3) is 22.3 Å². The van der Waals surface area contributed by atoms with Gasteiger partial charge in [-0.05, 0) is 36.0 Å². The maximum Gasteiger partial charge on any atom is 0.179 e. The molecule has 0 radical (unpaired) electrons. The minimum absolute atomic E-state index is 0.680. The Hall–Kier alpha value is -2.01. The first-order chi connectivity index (χ1) is 8.25. The van der Waals surface area contributed by atoms with Crippen molar-refractivity contribution in [2.24, 2.45) is 7.05 Å². The van der Waals surface area contributed by atoms with E-state index in [2.05, 4.69) is 21.0 Å². The topological polar surface area (TPSA) is 46.5 Å². The molecule has 0 saturated heterocycles. The minimum atomic E-state index is 0.680. The summed E-state index contributed by atoms with van der Waals surface area (Å²) in [6, 6.07) is 6.00. The van der Waals surface area contributed by atoms with E-state index < -0.39 is 0 Å². The van der Waals surface area contributed by atoms with E-state index in [0.29, 0.717) is 4.77 Å². The largest absolute Gasteiger partial charge is 0.319 e. The van der Waals surface area contributed by atoms with Crippen molar-refractivity contribution in [1.29, 1.82) is 0 Å². The van der Waals surface area contributed by atoms with Crippen molar-refractivity contribution < 1.29 is 0 Å². The number of nitrogens with zero attached hydrogens (tertiary/aromatic N) is 3. The Balaban J connectivity index is 2.27. The summed E-state index contributed by atoms with van der Waals surface area (Å²) in [5.74, 6) is 0. The number of imidazole rings is 1. The molecule has 0 aliphatic carbocycles. The van der Waals surface area contributed by atoms with Gasteiger partial charge >= 0.3 is 0 Å². The van der Waals surface area contributed by atoms with Gasteiger partial charge in [0.15, 0.2) is 10.4 Å². The molecular weight excluding hydrogens is 232 g/mol. The number of hydrogen-bond donors (Lipinski definition) is 1. The Labute approximate surface area is 103 Å². The predicted octanol–water partition coefficient (Wildman–Crippen LogP) is 2.69. The van der Waals surface area contributed by atoms with Gasteiger partial charge in [-0.25, -0.2) is 4.98 Å². The number of aromatic nitrogens is 4. The standard InChI is InChI=1S/C12H10N4S/c1-16-10-6-9(8-2-4-13-5-3-8)7-14-11(10)15-12(16)17/h2-7H,1H3,(H,14,15,17). The maximum absolute atomic E-state index is 5.17. The first-order valence-electron chi connectivity index (χ1n) is 5.21. The van der Waals surface area contributed by atoms with Crippen molar-refractivity contribution in [1.82, 2.24) is 19.5 Å². The summed E-state index contributed by atoms with van der Waals surface area (Å²) in [4.78, 5) is 11.4. The molecule has 0 aliphatic rings. The molecule has 0 saturated carbocycles. The molecule has 84 valence electrons. The van der Waals surface area contributed by atoms with Crippen molar-refractivity contribution in [2.45, 2.75) is 0 Å². The van der Waals surface area contributed by atoms with Gasteiger partial charge in [-0.15, -0.1) is 0 Å². The molecule has 17 heavy (non-hydrogen) atoms. The molecule has 0 spiro atoms.